The second-order valence-corrected chi connectivity index (χ2v) is 19.6. The molecule has 6 nitrogen and oxygen atoms in total. The van der Waals surface area contributed by atoms with E-state index in [0.717, 1.165) is 135 Å². The first kappa shape index (κ1) is 68.1. The number of hydrogen-bond acceptors (Lipinski definition) is 6. The predicted octanol–water partition coefficient (Wildman–Crippen LogP) is 20.3. The van der Waals surface area contributed by atoms with Gasteiger partial charge < -0.3 is 14.2 Å². The SMILES string of the molecule is CC/C=C\C/C=C\C/C=C\C/C=C\CCCCCCCCC(=O)OCC(COC(=O)CCCCCCCCC/C=C\C/C=C\CCCCC)OC(=O)CCCCCCC\C=C/C=C\C=C/CCCCCCC. The van der Waals surface area contributed by atoms with Gasteiger partial charge in [-0.25, -0.2) is 0 Å². The summed E-state index contributed by atoms with van der Waals surface area (Å²) in [6, 6.07) is 0. The van der Waals surface area contributed by atoms with Crippen molar-refractivity contribution in [2.75, 3.05) is 13.2 Å². The molecule has 0 aliphatic heterocycles. The second kappa shape index (κ2) is 59.6. The minimum Gasteiger partial charge on any atom is -0.462 e. The van der Waals surface area contributed by atoms with E-state index in [2.05, 4.69) is 130 Å². The molecule has 0 amide bonds. The molecule has 410 valence electrons. The summed E-state index contributed by atoms with van der Waals surface area (Å²) in [6.07, 6.45) is 80.7. The number of carbonyl (C=O) groups excluding carboxylic acids is 3. The highest BCUT2D eigenvalue weighted by Crippen LogP contribution is 2.14. The van der Waals surface area contributed by atoms with E-state index in [-0.39, 0.29) is 31.1 Å². The molecule has 0 fully saturated rings. The van der Waals surface area contributed by atoms with E-state index in [1.807, 2.05) is 0 Å². The molecule has 72 heavy (non-hydrogen) atoms. The topological polar surface area (TPSA) is 78.9 Å². The largest absolute Gasteiger partial charge is 0.462 e. The molecule has 0 aromatic rings. The zero-order valence-corrected chi connectivity index (χ0v) is 46.9. The van der Waals surface area contributed by atoms with Crippen molar-refractivity contribution in [3.63, 3.8) is 0 Å². The average molecular weight is 1000 g/mol. The summed E-state index contributed by atoms with van der Waals surface area (Å²) in [5.41, 5.74) is 0. The Kier molecular flexibility index (Phi) is 56.4. The molecular weight excluding hydrogens is 889 g/mol. The lowest BCUT2D eigenvalue weighted by Crippen LogP contribution is -2.30. The van der Waals surface area contributed by atoms with Gasteiger partial charge in [-0.15, -0.1) is 0 Å². The van der Waals surface area contributed by atoms with Crippen LogP contribution < -0.4 is 0 Å². The van der Waals surface area contributed by atoms with Crippen LogP contribution in [0, 0.1) is 0 Å². The Hall–Kier alpha value is -3.93. The first-order chi connectivity index (χ1) is 35.5. The van der Waals surface area contributed by atoms with E-state index in [0.29, 0.717) is 19.3 Å². The Morgan fingerprint density at radius 1 is 0.306 bits per heavy atom. The van der Waals surface area contributed by atoms with Gasteiger partial charge in [0.05, 0.1) is 0 Å². The zero-order chi connectivity index (χ0) is 52.2. The lowest BCUT2D eigenvalue weighted by molar-refractivity contribution is -0.167. The van der Waals surface area contributed by atoms with Gasteiger partial charge in [0.15, 0.2) is 6.10 Å². The highest BCUT2D eigenvalue weighted by Gasteiger charge is 2.19. The van der Waals surface area contributed by atoms with Crippen molar-refractivity contribution in [1.29, 1.82) is 0 Å². The van der Waals surface area contributed by atoms with Crippen LogP contribution >= 0.6 is 0 Å². The van der Waals surface area contributed by atoms with E-state index >= 15 is 0 Å². The van der Waals surface area contributed by atoms with Gasteiger partial charge in [-0.3, -0.25) is 14.4 Å². The minimum atomic E-state index is -0.802. The molecule has 0 rings (SSSR count). The van der Waals surface area contributed by atoms with Crippen molar-refractivity contribution in [2.24, 2.45) is 0 Å². The van der Waals surface area contributed by atoms with Crippen LogP contribution in [0.15, 0.2) is 109 Å². The third kappa shape index (κ3) is 57.0. The summed E-state index contributed by atoms with van der Waals surface area (Å²) in [5.74, 6) is -0.935. The van der Waals surface area contributed by atoms with Gasteiger partial charge in [-0.2, -0.15) is 0 Å². The van der Waals surface area contributed by atoms with Crippen LogP contribution in [0.5, 0.6) is 0 Å². The number of carbonyl (C=O) groups is 3. The molecule has 0 radical (unpaired) electrons. The van der Waals surface area contributed by atoms with E-state index in [9.17, 15) is 14.4 Å². The second-order valence-electron chi connectivity index (χ2n) is 19.6. The molecule has 0 aliphatic rings. The molecular formula is C66H110O6. The summed E-state index contributed by atoms with van der Waals surface area (Å²) < 4.78 is 16.9. The van der Waals surface area contributed by atoms with Crippen LogP contribution in [-0.2, 0) is 28.6 Å². The highest BCUT2D eigenvalue weighted by molar-refractivity contribution is 5.71. The highest BCUT2D eigenvalue weighted by atomic mass is 16.6. The predicted molar refractivity (Wildman–Crippen MR) is 311 cm³/mol. The average Bonchev–Trinajstić information content (AvgIpc) is 3.38. The monoisotopic (exact) mass is 999 g/mol. The number of allylic oxidation sites excluding steroid dienone is 18. The number of unbranched alkanes of at least 4 members (excludes halogenated alkanes) is 26. The Morgan fingerprint density at radius 2 is 0.597 bits per heavy atom. The quantitative estimate of drug-likeness (QED) is 0.0199. The van der Waals surface area contributed by atoms with Gasteiger partial charge in [0.2, 0.25) is 0 Å². The van der Waals surface area contributed by atoms with Crippen molar-refractivity contribution in [3.8, 4) is 0 Å². The minimum absolute atomic E-state index is 0.0966. The van der Waals surface area contributed by atoms with E-state index in [1.54, 1.807) is 0 Å². The molecule has 6 heteroatoms. The Labute approximate surface area is 444 Å². The van der Waals surface area contributed by atoms with Gasteiger partial charge in [-0.1, -0.05) is 246 Å². The maximum absolute atomic E-state index is 12.9. The maximum atomic E-state index is 12.9. The standard InChI is InChI=1S/C66H110O6/c1-4-7-10-13-16-19-22-25-28-31-33-36-38-41-44-47-50-53-56-59-65(68)71-62-63(61-70-64(67)58-55-52-49-46-43-40-37-34-30-27-24-21-18-15-12-9-6-3)72-66(69)60-57-54-51-48-45-42-39-35-32-29-26-23-20-17-14-11-8-5-2/h7,10,16,18-19,21,23,25-30,32-33,35-36,39,63H,4-6,8-9,11-15,17,20,22,24,31,34,37-38,40-62H2,1-3H3/b10-7-,19-16-,21-18-,26-23-,28-25-,30-27-,32-29-,36-33-,39-35-. The first-order valence-electron chi connectivity index (χ1n) is 29.9. The fourth-order valence-corrected chi connectivity index (χ4v) is 8.05. The van der Waals surface area contributed by atoms with Crippen LogP contribution in [-0.4, -0.2) is 37.2 Å². The summed E-state index contributed by atoms with van der Waals surface area (Å²) in [6.45, 7) is 6.46. The van der Waals surface area contributed by atoms with Crippen molar-refractivity contribution >= 4 is 17.9 Å². The van der Waals surface area contributed by atoms with Crippen LogP contribution in [0.3, 0.4) is 0 Å². The summed E-state index contributed by atoms with van der Waals surface area (Å²) in [4.78, 5) is 38.3. The Morgan fingerprint density at radius 3 is 0.986 bits per heavy atom. The number of ether oxygens (including phenoxy) is 3. The Bertz CT molecular complexity index is 1470. The molecule has 0 saturated carbocycles. The normalized spacial score (nSPS) is 12.9. The van der Waals surface area contributed by atoms with Gasteiger partial charge in [-0.05, 0) is 116 Å². The fourth-order valence-electron chi connectivity index (χ4n) is 8.05. The third-order valence-electron chi connectivity index (χ3n) is 12.5. The molecule has 0 heterocycles. The third-order valence-corrected chi connectivity index (χ3v) is 12.5. The van der Waals surface area contributed by atoms with Crippen molar-refractivity contribution in [1.82, 2.24) is 0 Å². The van der Waals surface area contributed by atoms with Crippen LogP contribution in [0.25, 0.3) is 0 Å². The van der Waals surface area contributed by atoms with Crippen LogP contribution in [0.2, 0.25) is 0 Å². The summed E-state index contributed by atoms with van der Waals surface area (Å²) >= 11 is 0. The number of esters is 3. The lowest BCUT2D eigenvalue weighted by atomic mass is 10.1. The number of hydrogen-bond donors (Lipinski definition) is 0. The van der Waals surface area contributed by atoms with Crippen molar-refractivity contribution < 1.29 is 28.6 Å². The van der Waals surface area contributed by atoms with Gasteiger partial charge in [0, 0.05) is 19.3 Å². The Balaban J connectivity index is 4.48. The van der Waals surface area contributed by atoms with Gasteiger partial charge >= 0.3 is 17.9 Å². The van der Waals surface area contributed by atoms with Crippen LogP contribution in [0.1, 0.15) is 271 Å². The van der Waals surface area contributed by atoms with E-state index < -0.39 is 6.10 Å². The van der Waals surface area contributed by atoms with Crippen molar-refractivity contribution in [3.05, 3.63) is 109 Å². The molecule has 0 bridgehead atoms. The molecule has 1 atom stereocenters. The molecule has 0 aromatic carbocycles. The molecule has 0 aliphatic carbocycles. The van der Waals surface area contributed by atoms with Crippen molar-refractivity contribution in [2.45, 2.75) is 277 Å². The zero-order valence-electron chi connectivity index (χ0n) is 46.9. The van der Waals surface area contributed by atoms with Gasteiger partial charge in [0.1, 0.15) is 13.2 Å². The smallest absolute Gasteiger partial charge is 0.306 e. The molecule has 0 spiro atoms. The maximum Gasteiger partial charge on any atom is 0.306 e. The van der Waals surface area contributed by atoms with Gasteiger partial charge in [0.25, 0.3) is 0 Å². The first-order valence-corrected chi connectivity index (χ1v) is 29.9. The number of rotatable bonds is 53. The molecule has 0 saturated heterocycles. The molecule has 0 aromatic heterocycles. The molecule has 0 N–H and O–H groups in total. The summed E-state index contributed by atoms with van der Waals surface area (Å²) in [7, 11) is 0. The van der Waals surface area contributed by atoms with E-state index in [1.165, 1.54) is 96.3 Å². The van der Waals surface area contributed by atoms with Crippen LogP contribution in [0.4, 0.5) is 0 Å². The molecule has 1 unspecified atom stereocenters. The fraction of sp³-hybridized carbons (Fsp3) is 0.682. The summed E-state index contributed by atoms with van der Waals surface area (Å²) in [5, 5.41) is 0. The van der Waals surface area contributed by atoms with E-state index in [4.69, 9.17) is 14.2 Å². The lowest BCUT2D eigenvalue weighted by Gasteiger charge is -2.18.